The van der Waals surface area contributed by atoms with E-state index in [1.807, 2.05) is 18.2 Å². The van der Waals surface area contributed by atoms with E-state index in [0.717, 1.165) is 83.5 Å². The Kier molecular flexibility index (Phi) is 48.0. The highest BCUT2D eigenvalue weighted by molar-refractivity contribution is 5.74. The minimum absolute atomic E-state index is 0.0115. The number of carbonyl (C=O) groups is 4. The number of hydrogen-bond acceptors (Lipinski definition) is 11. The quantitative estimate of drug-likeness (QED) is 0.0228. The SMILES string of the molecule is CC/C=C\C/C=C\C/C=C\C/C=C\C/C=C\CC(=O)OC(COC(=O)CCCCCCCCCCCCCCCCCCCCC)COC1OC(C(=O)O)C(O)C(O)C1OC(=O)CCCCC/C=C\C/C=C\C/C=C\CC. The zero-order valence-electron chi connectivity index (χ0n) is 48.2. The maximum atomic E-state index is 13.1. The molecule has 1 heterocycles. The number of esters is 3. The van der Waals surface area contributed by atoms with Crippen LogP contribution in [0.15, 0.2) is 97.2 Å². The van der Waals surface area contributed by atoms with Crippen LogP contribution in [0.5, 0.6) is 0 Å². The summed E-state index contributed by atoms with van der Waals surface area (Å²) in [5.41, 5.74) is 0. The first-order chi connectivity index (χ1) is 37.6. The summed E-state index contributed by atoms with van der Waals surface area (Å²) in [5.74, 6) is -3.33. The van der Waals surface area contributed by atoms with Gasteiger partial charge < -0.3 is 39.0 Å². The van der Waals surface area contributed by atoms with Gasteiger partial charge in [0.15, 0.2) is 24.6 Å². The molecule has 0 aromatic heterocycles. The summed E-state index contributed by atoms with van der Waals surface area (Å²) in [6.07, 6.45) is 57.0. The fourth-order valence-corrected chi connectivity index (χ4v) is 8.63. The van der Waals surface area contributed by atoms with Crippen LogP contribution in [0, 0.1) is 0 Å². The Bertz CT molecular complexity index is 1710. The van der Waals surface area contributed by atoms with Crippen molar-refractivity contribution in [1.82, 2.24) is 0 Å². The highest BCUT2D eigenvalue weighted by Crippen LogP contribution is 2.26. The van der Waals surface area contributed by atoms with Crippen molar-refractivity contribution in [2.24, 2.45) is 0 Å². The molecule has 1 aliphatic heterocycles. The summed E-state index contributed by atoms with van der Waals surface area (Å²) in [7, 11) is 0. The summed E-state index contributed by atoms with van der Waals surface area (Å²) in [4.78, 5) is 51.1. The van der Waals surface area contributed by atoms with E-state index in [0.29, 0.717) is 19.3 Å². The fourth-order valence-electron chi connectivity index (χ4n) is 8.63. The van der Waals surface area contributed by atoms with Gasteiger partial charge in [0, 0.05) is 12.8 Å². The molecule has 3 N–H and O–H groups in total. The predicted octanol–water partition coefficient (Wildman–Crippen LogP) is 15.7. The highest BCUT2D eigenvalue weighted by atomic mass is 16.7. The van der Waals surface area contributed by atoms with Crippen molar-refractivity contribution in [3.8, 4) is 0 Å². The first-order valence-corrected chi connectivity index (χ1v) is 30.2. The van der Waals surface area contributed by atoms with E-state index >= 15 is 0 Å². The molecule has 12 nitrogen and oxygen atoms in total. The molecule has 1 fully saturated rings. The second-order valence-electron chi connectivity index (χ2n) is 20.2. The van der Waals surface area contributed by atoms with E-state index in [1.165, 1.54) is 96.3 Å². The Morgan fingerprint density at radius 3 is 1.31 bits per heavy atom. The Hall–Kier alpha value is -4.36. The van der Waals surface area contributed by atoms with Crippen LogP contribution in [-0.4, -0.2) is 89.2 Å². The molecule has 1 aliphatic rings. The van der Waals surface area contributed by atoms with E-state index in [-0.39, 0.29) is 25.9 Å². The van der Waals surface area contributed by atoms with Crippen molar-refractivity contribution in [1.29, 1.82) is 0 Å². The van der Waals surface area contributed by atoms with Crippen LogP contribution in [0.2, 0.25) is 0 Å². The third-order valence-corrected chi connectivity index (χ3v) is 13.2. The van der Waals surface area contributed by atoms with Crippen molar-refractivity contribution in [2.75, 3.05) is 13.2 Å². The van der Waals surface area contributed by atoms with E-state index in [4.69, 9.17) is 23.7 Å². The molecule has 1 saturated heterocycles. The first kappa shape index (κ1) is 70.7. The Morgan fingerprint density at radius 2 is 0.857 bits per heavy atom. The number of carbonyl (C=O) groups excluding carboxylic acids is 3. The van der Waals surface area contributed by atoms with Gasteiger partial charge in [-0.3, -0.25) is 14.4 Å². The molecule has 0 aliphatic carbocycles. The molecule has 6 atom stereocenters. The van der Waals surface area contributed by atoms with Gasteiger partial charge in [-0.2, -0.15) is 0 Å². The second-order valence-corrected chi connectivity index (χ2v) is 20.2. The largest absolute Gasteiger partial charge is 0.479 e. The molecular weight excluding hydrogens is 973 g/mol. The predicted molar refractivity (Wildman–Crippen MR) is 312 cm³/mol. The van der Waals surface area contributed by atoms with Gasteiger partial charge in [0.25, 0.3) is 0 Å². The number of allylic oxidation sites excluding steroid dienone is 15. The van der Waals surface area contributed by atoms with Crippen LogP contribution in [0.25, 0.3) is 0 Å². The minimum Gasteiger partial charge on any atom is -0.479 e. The number of carboxylic acids is 1. The van der Waals surface area contributed by atoms with E-state index in [1.54, 1.807) is 6.08 Å². The van der Waals surface area contributed by atoms with Crippen molar-refractivity contribution >= 4 is 23.9 Å². The van der Waals surface area contributed by atoms with Gasteiger partial charge in [0.1, 0.15) is 18.8 Å². The number of aliphatic hydroxyl groups excluding tert-OH is 2. The topological polar surface area (TPSA) is 175 Å². The Morgan fingerprint density at radius 1 is 0.455 bits per heavy atom. The molecule has 0 saturated carbocycles. The number of unbranched alkanes of at least 4 members (excludes halogenated alkanes) is 21. The molecule has 12 heteroatoms. The van der Waals surface area contributed by atoms with E-state index < -0.39 is 67.3 Å². The van der Waals surface area contributed by atoms with Gasteiger partial charge >= 0.3 is 23.9 Å². The number of rotatable bonds is 50. The highest BCUT2D eigenvalue weighted by Gasteiger charge is 2.50. The average Bonchev–Trinajstić information content (AvgIpc) is 3.41. The number of hydrogen-bond donors (Lipinski definition) is 3. The standard InChI is InChI=1S/C65H106O12/c1-4-7-10-13-16-19-22-25-27-28-29-30-32-34-36-39-42-45-48-51-57(66)73-54-56(75-58(67)52-49-46-43-40-38-35-31-26-23-20-17-14-11-8-5-2)55-74-65-63(61(70)60(69)62(77-65)64(71)72)76-59(68)53-50-47-44-41-37-33-24-21-18-15-12-9-6-3/h8-9,11-12,17-18,20-21,26,31,33,37-38,40,46,49,56,60-63,65,69-70H,4-7,10,13-16,19,22-25,27-30,32,34-36,39,41-45,47-48,50-55H2,1-3H3,(H,71,72)/b11-8-,12-9-,20-17-,21-18-,31-26-,37-33-,40-38-,49-46-. The van der Waals surface area contributed by atoms with Crippen LogP contribution in [0.4, 0.5) is 0 Å². The van der Waals surface area contributed by atoms with Crippen LogP contribution in [-0.2, 0) is 42.9 Å². The van der Waals surface area contributed by atoms with Gasteiger partial charge in [-0.25, -0.2) is 4.79 Å². The van der Waals surface area contributed by atoms with Gasteiger partial charge in [0.05, 0.1) is 13.0 Å². The zero-order valence-corrected chi connectivity index (χ0v) is 48.2. The van der Waals surface area contributed by atoms with Crippen molar-refractivity contribution in [3.63, 3.8) is 0 Å². The average molecular weight is 1080 g/mol. The number of aliphatic hydroxyl groups is 2. The molecule has 77 heavy (non-hydrogen) atoms. The van der Waals surface area contributed by atoms with Gasteiger partial charge in [-0.05, 0) is 77.0 Å². The number of carboxylic acid groups (broad SMARTS) is 1. The van der Waals surface area contributed by atoms with Crippen molar-refractivity contribution in [3.05, 3.63) is 97.2 Å². The van der Waals surface area contributed by atoms with E-state index in [9.17, 15) is 34.5 Å². The lowest BCUT2D eigenvalue weighted by Crippen LogP contribution is -2.61. The normalized spacial score (nSPS) is 18.7. The molecule has 0 spiro atoms. The van der Waals surface area contributed by atoms with Crippen LogP contribution in [0.3, 0.4) is 0 Å². The van der Waals surface area contributed by atoms with Crippen LogP contribution >= 0.6 is 0 Å². The molecule has 0 amide bonds. The van der Waals surface area contributed by atoms with Gasteiger partial charge in [0.2, 0.25) is 0 Å². The molecule has 438 valence electrons. The molecule has 0 aromatic rings. The lowest BCUT2D eigenvalue weighted by Gasteiger charge is -2.40. The molecule has 0 radical (unpaired) electrons. The monoisotopic (exact) mass is 1080 g/mol. The van der Waals surface area contributed by atoms with Crippen LogP contribution < -0.4 is 0 Å². The third kappa shape index (κ3) is 42.3. The molecular formula is C65H106O12. The zero-order chi connectivity index (χ0) is 56.1. The Balaban J connectivity index is 2.72. The first-order valence-electron chi connectivity index (χ1n) is 30.2. The van der Waals surface area contributed by atoms with Crippen molar-refractivity contribution in [2.45, 2.75) is 276 Å². The Labute approximate surface area is 466 Å². The lowest BCUT2D eigenvalue weighted by atomic mass is 9.98. The van der Waals surface area contributed by atoms with Gasteiger partial charge in [-0.1, -0.05) is 240 Å². The van der Waals surface area contributed by atoms with Crippen molar-refractivity contribution < 1.29 is 58.2 Å². The molecule has 6 unspecified atom stereocenters. The number of aliphatic carboxylic acids is 1. The summed E-state index contributed by atoms with van der Waals surface area (Å²) in [5, 5.41) is 31.4. The maximum absolute atomic E-state index is 13.1. The fraction of sp³-hybridized carbons (Fsp3) is 0.692. The molecule has 0 bridgehead atoms. The van der Waals surface area contributed by atoms with E-state index in [2.05, 4.69) is 93.7 Å². The smallest absolute Gasteiger partial charge is 0.335 e. The summed E-state index contributed by atoms with van der Waals surface area (Å²) in [6, 6.07) is 0. The molecule has 1 rings (SSSR count). The third-order valence-electron chi connectivity index (χ3n) is 13.2. The lowest BCUT2D eigenvalue weighted by molar-refractivity contribution is -0.301. The summed E-state index contributed by atoms with van der Waals surface area (Å²) in [6.45, 7) is 5.67. The maximum Gasteiger partial charge on any atom is 0.335 e. The summed E-state index contributed by atoms with van der Waals surface area (Å²) >= 11 is 0. The minimum atomic E-state index is -1.93. The second kappa shape index (κ2) is 52.3. The van der Waals surface area contributed by atoms with Gasteiger partial charge in [-0.15, -0.1) is 0 Å². The number of ether oxygens (including phenoxy) is 5. The summed E-state index contributed by atoms with van der Waals surface area (Å²) < 4.78 is 28.3. The van der Waals surface area contributed by atoms with Crippen LogP contribution in [0.1, 0.15) is 239 Å². The molecule has 0 aromatic carbocycles.